The van der Waals surface area contributed by atoms with Gasteiger partial charge in [0.2, 0.25) is 5.91 Å². The zero-order chi connectivity index (χ0) is 17.2. The number of aryl methyl sites for hydroxylation is 1. The number of nitrogens with one attached hydrogen (secondary N) is 1. The van der Waals surface area contributed by atoms with Gasteiger partial charge in [-0.1, -0.05) is 24.3 Å². The van der Waals surface area contributed by atoms with Crippen molar-refractivity contribution in [3.05, 3.63) is 53.9 Å². The molecule has 1 aliphatic rings. The molecular weight excluding hydrogens is 306 g/mol. The van der Waals surface area contributed by atoms with Gasteiger partial charge in [-0.3, -0.25) is 9.48 Å². The minimum atomic E-state index is -1.12. The number of esters is 1. The number of hydrogen-bond acceptors (Lipinski definition) is 4. The predicted molar refractivity (Wildman–Crippen MR) is 88.2 cm³/mol. The lowest BCUT2D eigenvalue weighted by atomic mass is 9.91. The van der Waals surface area contributed by atoms with Gasteiger partial charge in [-0.05, 0) is 43.9 Å². The van der Waals surface area contributed by atoms with E-state index in [0.717, 1.165) is 17.5 Å². The Bertz CT molecular complexity index is 742. The fourth-order valence-corrected chi connectivity index (χ4v) is 3.20. The number of nitrogens with zero attached hydrogens (tertiary/aromatic N) is 2. The molecule has 0 fully saturated rings. The van der Waals surface area contributed by atoms with Crippen LogP contribution in [0.15, 0.2) is 42.7 Å². The van der Waals surface area contributed by atoms with Crippen molar-refractivity contribution in [1.29, 1.82) is 0 Å². The molecule has 0 radical (unpaired) electrons. The predicted octanol–water partition coefficient (Wildman–Crippen LogP) is 1.97. The van der Waals surface area contributed by atoms with Gasteiger partial charge in [0, 0.05) is 12.4 Å². The Kier molecular flexibility index (Phi) is 4.38. The lowest BCUT2D eigenvalue weighted by Crippen LogP contribution is -2.52. The van der Waals surface area contributed by atoms with Crippen LogP contribution in [-0.4, -0.2) is 28.3 Å². The van der Waals surface area contributed by atoms with Crippen LogP contribution in [0.25, 0.3) is 0 Å². The van der Waals surface area contributed by atoms with Gasteiger partial charge < -0.3 is 10.1 Å². The molecule has 1 N–H and O–H groups in total. The molecule has 0 bridgehead atoms. The van der Waals surface area contributed by atoms with Crippen LogP contribution in [0.4, 0.5) is 0 Å². The molecule has 1 heterocycles. The minimum absolute atomic E-state index is 0.261. The summed E-state index contributed by atoms with van der Waals surface area (Å²) in [6.45, 7) is 3.79. The second-order valence-corrected chi connectivity index (χ2v) is 5.93. The average molecular weight is 327 g/mol. The lowest BCUT2D eigenvalue weighted by molar-refractivity contribution is -0.154. The molecule has 6 nitrogen and oxygen atoms in total. The number of ether oxygens (including phenoxy) is 1. The van der Waals surface area contributed by atoms with Gasteiger partial charge in [-0.25, -0.2) is 4.79 Å². The van der Waals surface area contributed by atoms with Crippen molar-refractivity contribution in [2.45, 2.75) is 38.3 Å². The standard InChI is InChI=1S/C18H21N3O3/c1-3-24-17(23)18(10-9-14-7-4-5-8-15(14)18)20-16(22)13(2)21-12-6-11-19-21/h4-8,11-13H,3,9-10H2,1-2H3,(H,20,22). The first-order chi connectivity index (χ1) is 11.6. The van der Waals surface area contributed by atoms with Crippen LogP contribution in [0.2, 0.25) is 0 Å². The van der Waals surface area contributed by atoms with E-state index in [0.29, 0.717) is 6.42 Å². The smallest absolute Gasteiger partial charge is 0.336 e. The van der Waals surface area contributed by atoms with E-state index in [9.17, 15) is 9.59 Å². The summed E-state index contributed by atoms with van der Waals surface area (Å²) in [5.41, 5.74) is 0.771. The van der Waals surface area contributed by atoms with Crippen molar-refractivity contribution < 1.29 is 14.3 Å². The number of carbonyl (C=O) groups excluding carboxylic acids is 2. The van der Waals surface area contributed by atoms with Crippen molar-refractivity contribution in [1.82, 2.24) is 15.1 Å². The Hall–Kier alpha value is -2.63. The summed E-state index contributed by atoms with van der Waals surface area (Å²) >= 11 is 0. The third kappa shape index (κ3) is 2.68. The maximum atomic E-state index is 12.7. The number of fused-ring (bicyclic) bond motifs is 1. The third-order valence-corrected chi connectivity index (χ3v) is 4.51. The summed E-state index contributed by atoms with van der Waals surface area (Å²) in [4.78, 5) is 25.5. The van der Waals surface area contributed by atoms with E-state index in [4.69, 9.17) is 4.74 Å². The third-order valence-electron chi connectivity index (χ3n) is 4.51. The van der Waals surface area contributed by atoms with E-state index in [-0.39, 0.29) is 12.5 Å². The van der Waals surface area contributed by atoms with E-state index < -0.39 is 17.6 Å². The van der Waals surface area contributed by atoms with Crippen molar-refractivity contribution in [3.8, 4) is 0 Å². The quantitative estimate of drug-likeness (QED) is 0.852. The maximum Gasteiger partial charge on any atom is 0.336 e. The number of carbonyl (C=O) groups is 2. The largest absolute Gasteiger partial charge is 0.464 e. The average Bonchev–Trinajstić information content (AvgIpc) is 3.23. The molecular formula is C18H21N3O3. The Labute approximate surface area is 140 Å². The topological polar surface area (TPSA) is 73.2 Å². The van der Waals surface area contributed by atoms with Gasteiger partial charge in [0.25, 0.3) is 0 Å². The molecule has 1 aromatic carbocycles. The molecule has 0 aliphatic heterocycles. The Morgan fingerprint density at radius 1 is 1.38 bits per heavy atom. The van der Waals surface area contributed by atoms with Gasteiger partial charge in [0.15, 0.2) is 5.54 Å². The first-order valence-electron chi connectivity index (χ1n) is 8.15. The summed E-state index contributed by atoms with van der Waals surface area (Å²) < 4.78 is 6.85. The van der Waals surface area contributed by atoms with Crippen molar-refractivity contribution in [3.63, 3.8) is 0 Å². The van der Waals surface area contributed by atoms with E-state index in [1.165, 1.54) is 0 Å². The minimum Gasteiger partial charge on any atom is -0.464 e. The molecule has 1 aliphatic carbocycles. The molecule has 1 aromatic heterocycles. The first-order valence-corrected chi connectivity index (χ1v) is 8.15. The molecule has 2 aromatic rings. The Morgan fingerprint density at radius 2 is 2.17 bits per heavy atom. The highest BCUT2D eigenvalue weighted by Crippen LogP contribution is 2.38. The van der Waals surface area contributed by atoms with Crippen LogP contribution in [0, 0.1) is 0 Å². The highest BCUT2D eigenvalue weighted by atomic mass is 16.5. The fourth-order valence-electron chi connectivity index (χ4n) is 3.20. The highest BCUT2D eigenvalue weighted by Gasteiger charge is 2.48. The van der Waals surface area contributed by atoms with E-state index in [1.54, 1.807) is 37.0 Å². The molecule has 0 saturated carbocycles. The first kappa shape index (κ1) is 16.2. The fraction of sp³-hybridized carbons (Fsp3) is 0.389. The molecule has 24 heavy (non-hydrogen) atoms. The van der Waals surface area contributed by atoms with Crippen molar-refractivity contribution >= 4 is 11.9 Å². The van der Waals surface area contributed by atoms with Gasteiger partial charge in [-0.15, -0.1) is 0 Å². The van der Waals surface area contributed by atoms with E-state index in [2.05, 4.69) is 10.4 Å². The maximum absolute atomic E-state index is 12.7. The summed E-state index contributed by atoms with van der Waals surface area (Å²) in [7, 11) is 0. The van der Waals surface area contributed by atoms with Gasteiger partial charge in [-0.2, -0.15) is 5.10 Å². The van der Waals surface area contributed by atoms with Gasteiger partial charge in [0.1, 0.15) is 6.04 Å². The Balaban J connectivity index is 1.93. The number of rotatable bonds is 5. The van der Waals surface area contributed by atoms with Gasteiger partial charge >= 0.3 is 5.97 Å². The SMILES string of the molecule is CCOC(=O)C1(NC(=O)C(C)n2cccn2)CCc2ccccc21. The number of aromatic nitrogens is 2. The number of amides is 1. The van der Waals surface area contributed by atoms with Gasteiger partial charge in [0.05, 0.1) is 6.61 Å². The van der Waals surface area contributed by atoms with Crippen LogP contribution in [0.3, 0.4) is 0 Å². The molecule has 2 atom stereocenters. The van der Waals surface area contributed by atoms with E-state index in [1.807, 2.05) is 24.3 Å². The van der Waals surface area contributed by atoms with Crippen LogP contribution in [0.5, 0.6) is 0 Å². The van der Waals surface area contributed by atoms with Crippen molar-refractivity contribution in [2.24, 2.45) is 0 Å². The van der Waals surface area contributed by atoms with Crippen LogP contribution >= 0.6 is 0 Å². The lowest BCUT2D eigenvalue weighted by Gasteiger charge is -2.30. The number of hydrogen-bond donors (Lipinski definition) is 1. The summed E-state index contributed by atoms with van der Waals surface area (Å²) in [5.74, 6) is -0.667. The second-order valence-electron chi connectivity index (χ2n) is 5.93. The summed E-state index contributed by atoms with van der Waals surface area (Å²) in [6.07, 6.45) is 4.58. The second kappa shape index (κ2) is 6.47. The van der Waals surface area contributed by atoms with Crippen LogP contribution < -0.4 is 5.32 Å². The Morgan fingerprint density at radius 3 is 2.88 bits per heavy atom. The number of benzene rings is 1. The van der Waals surface area contributed by atoms with E-state index >= 15 is 0 Å². The summed E-state index contributed by atoms with van der Waals surface area (Å²) in [5, 5.41) is 7.05. The molecule has 0 saturated heterocycles. The van der Waals surface area contributed by atoms with Crippen molar-refractivity contribution in [2.75, 3.05) is 6.61 Å². The normalized spacial score (nSPS) is 20.2. The van der Waals surface area contributed by atoms with Crippen LogP contribution in [-0.2, 0) is 26.3 Å². The monoisotopic (exact) mass is 327 g/mol. The molecule has 1 amide bonds. The zero-order valence-electron chi connectivity index (χ0n) is 13.9. The zero-order valence-corrected chi connectivity index (χ0v) is 13.9. The molecule has 6 heteroatoms. The van der Waals surface area contributed by atoms with Crippen LogP contribution in [0.1, 0.15) is 37.4 Å². The highest BCUT2D eigenvalue weighted by molar-refractivity contribution is 5.91. The summed E-state index contributed by atoms with van der Waals surface area (Å²) in [6, 6.07) is 8.93. The molecule has 3 rings (SSSR count). The molecule has 0 spiro atoms. The molecule has 2 unspecified atom stereocenters. The molecule has 126 valence electrons.